The normalized spacial score (nSPS) is 15.3. The molecule has 2 aromatic carbocycles. The maximum absolute atomic E-state index is 12.5. The van der Waals surface area contributed by atoms with Crippen LogP contribution in [0.3, 0.4) is 0 Å². The van der Waals surface area contributed by atoms with Crippen molar-refractivity contribution in [1.82, 2.24) is 0 Å². The van der Waals surface area contributed by atoms with E-state index in [1.54, 1.807) is 30.3 Å². The van der Waals surface area contributed by atoms with E-state index in [-0.39, 0.29) is 10.6 Å². The minimum Gasteiger partial charge on any atom is -0.493 e. The van der Waals surface area contributed by atoms with Crippen LogP contribution in [0.4, 0.5) is 5.69 Å². The van der Waals surface area contributed by atoms with E-state index >= 15 is 0 Å². The van der Waals surface area contributed by atoms with Gasteiger partial charge in [-0.3, -0.25) is 4.79 Å². The van der Waals surface area contributed by atoms with Gasteiger partial charge in [-0.25, -0.2) is 13.6 Å². The smallest absolute Gasteiger partial charge is 0.255 e. The molecule has 0 atom stereocenters. The van der Waals surface area contributed by atoms with Gasteiger partial charge < -0.3 is 10.1 Å². The molecule has 144 valence electrons. The summed E-state index contributed by atoms with van der Waals surface area (Å²) in [5, 5.41) is 7.82. The zero-order chi connectivity index (χ0) is 19.3. The predicted octanol–water partition coefficient (Wildman–Crippen LogP) is 3.55. The fraction of sp³-hybridized carbons (Fsp3) is 0.350. The number of carbonyl (C=O) groups is 1. The molecule has 1 fully saturated rings. The third kappa shape index (κ3) is 5.30. The highest BCUT2D eigenvalue weighted by atomic mass is 32.2. The van der Waals surface area contributed by atoms with E-state index in [1.807, 2.05) is 6.07 Å². The third-order valence-electron chi connectivity index (χ3n) is 4.75. The van der Waals surface area contributed by atoms with Crippen LogP contribution < -0.4 is 15.2 Å². The van der Waals surface area contributed by atoms with Gasteiger partial charge in [-0.1, -0.05) is 37.5 Å². The van der Waals surface area contributed by atoms with Crippen LogP contribution in [0.15, 0.2) is 53.4 Å². The molecule has 1 aliphatic carbocycles. The first kappa shape index (κ1) is 19.4. The number of hydrogen-bond donors (Lipinski definition) is 2. The number of primary sulfonamides is 1. The molecule has 0 saturated heterocycles. The van der Waals surface area contributed by atoms with Gasteiger partial charge in [0.2, 0.25) is 10.0 Å². The molecule has 1 aliphatic rings. The van der Waals surface area contributed by atoms with Crippen LogP contribution in [-0.4, -0.2) is 20.9 Å². The van der Waals surface area contributed by atoms with E-state index in [4.69, 9.17) is 9.88 Å². The zero-order valence-corrected chi connectivity index (χ0v) is 15.9. The van der Waals surface area contributed by atoms with E-state index in [0.29, 0.717) is 23.8 Å². The van der Waals surface area contributed by atoms with Gasteiger partial charge in [-0.2, -0.15) is 0 Å². The van der Waals surface area contributed by atoms with E-state index in [9.17, 15) is 13.2 Å². The molecule has 2 aromatic rings. The van der Waals surface area contributed by atoms with Crippen molar-refractivity contribution < 1.29 is 17.9 Å². The molecule has 0 bridgehead atoms. The van der Waals surface area contributed by atoms with Crippen LogP contribution in [0.1, 0.15) is 42.5 Å². The van der Waals surface area contributed by atoms with Crippen LogP contribution in [0.2, 0.25) is 0 Å². The lowest BCUT2D eigenvalue weighted by Crippen LogP contribution is -2.18. The number of para-hydroxylation sites is 1. The fourth-order valence-electron chi connectivity index (χ4n) is 3.31. The Labute approximate surface area is 159 Å². The van der Waals surface area contributed by atoms with Crippen LogP contribution in [0.5, 0.6) is 5.75 Å². The van der Waals surface area contributed by atoms with Crippen molar-refractivity contribution >= 4 is 21.6 Å². The highest BCUT2D eigenvalue weighted by Gasteiger charge is 2.17. The Morgan fingerprint density at radius 1 is 1.07 bits per heavy atom. The number of sulfonamides is 1. The Morgan fingerprint density at radius 2 is 1.81 bits per heavy atom. The lowest BCUT2D eigenvalue weighted by Gasteiger charge is -2.21. The fourth-order valence-corrected chi connectivity index (χ4v) is 4.00. The summed E-state index contributed by atoms with van der Waals surface area (Å²) in [6.45, 7) is 0.652. The Hall–Kier alpha value is -2.38. The highest BCUT2D eigenvalue weighted by Crippen LogP contribution is 2.25. The summed E-state index contributed by atoms with van der Waals surface area (Å²) in [6, 6.07) is 12.9. The first-order valence-electron chi connectivity index (χ1n) is 9.09. The molecule has 27 heavy (non-hydrogen) atoms. The number of benzene rings is 2. The second-order valence-electron chi connectivity index (χ2n) is 6.84. The lowest BCUT2D eigenvalue weighted by atomic mass is 9.90. The van der Waals surface area contributed by atoms with Gasteiger partial charge in [0.05, 0.1) is 12.3 Å². The van der Waals surface area contributed by atoms with Gasteiger partial charge in [0.1, 0.15) is 10.6 Å². The topological polar surface area (TPSA) is 98.5 Å². The summed E-state index contributed by atoms with van der Waals surface area (Å²) in [4.78, 5) is 12.4. The maximum Gasteiger partial charge on any atom is 0.255 e. The van der Waals surface area contributed by atoms with Crippen LogP contribution in [0.25, 0.3) is 0 Å². The van der Waals surface area contributed by atoms with Crippen LogP contribution in [0, 0.1) is 5.92 Å². The highest BCUT2D eigenvalue weighted by molar-refractivity contribution is 7.89. The standard InChI is InChI=1S/C20H24N2O4S/c21-27(24,25)19-12-5-4-11-18(19)22-20(23)16-9-6-10-17(13-16)26-14-15-7-2-1-3-8-15/h4-6,9-13,15H,1-3,7-8,14H2,(H,22,23)(H2,21,24,25). The number of nitrogens with one attached hydrogen (secondary N) is 1. The summed E-state index contributed by atoms with van der Waals surface area (Å²) in [5.41, 5.74) is 0.541. The molecule has 0 spiro atoms. The molecule has 6 nitrogen and oxygen atoms in total. The molecule has 0 heterocycles. The van der Waals surface area contributed by atoms with Crippen molar-refractivity contribution in [3.05, 3.63) is 54.1 Å². The molecule has 0 unspecified atom stereocenters. The summed E-state index contributed by atoms with van der Waals surface area (Å²) >= 11 is 0. The van der Waals surface area contributed by atoms with Crippen molar-refractivity contribution in [2.75, 3.05) is 11.9 Å². The average molecular weight is 388 g/mol. The molecule has 0 radical (unpaired) electrons. The summed E-state index contributed by atoms with van der Waals surface area (Å²) < 4.78 is 29.2. The molecular formula is C20H24N2O4S. The molecule has 7 heteroatoms. The molecule has 3 rings (SSSR count). The average Bonchev–Trinajstić information content (AvgIpc) is 2.67. The van der Waals surface area contributed by atoms with Crippen LogP contribution >= 0.6 is 0 Å². The molecule has 0 aliphatic heterocycles. The van der Waals surface area contributed by atoms with Crippen molar-refractivity contribution in [2.24, 2.45) is 11.1 Å². The number of anilines is 1. The van der Waals surface area contributed by atoms with Gasteiger partial charge in [0, 0.05) is 5.56 Å². The minimum atomic E-state index is -3.93. The second kappa shape index (κ2) is 8.54. The Kier molecular flexibility index (Phi) is 6.13. The van der Waals surface area contributed by atoms with Crippen LogP contribution in [-0.2, 0) is 10.0 Å². The minimum absolute atomic E-state index is 0.122. The summed E-state index contributed by atoms with van der Waals surface area (Å²) in [5.74, 6) is 0.778. The zero-order valence-electron chi connectivity index (χ0n) is 15.1. The van der Waals surface area contributed by atoms with E-state index < -0.39 is 15.9 Å². The summed E-state index contributed by atoms with van der Waals surface area (Å²) in [6.07, 6.45) is 6.17. The predicted molar refractivity (Wildman–Crippen MR) is 104 cm³/mol. The quantitative estimate of drug-likeness (QED) is 0.790. The largest absolute Gasteiger partial charge is 0.493 e. The maximum atomic E-state index is 12.5. The van der Waals surface area contributed by atoms with E-state index in [0.717, 1.165) is 0 Å². The first-order valence-corrected chi connectivity index (χ1v) is 10.6. The number of carbonyl (C=O) groups excluding carboxylic acids is 1. The number of rotatable bonds is 6. The van der Waals surface area contributed by atoms with Crippen molar-refractivity contribution in [1.29, 1.82) is 0 Å². The third-order valence-corrected chi connectivity index (χ3v) is 5.72. The van der Waals surface area contributed by atoms with Gasteiger partial charge >= 0.3 is 0 Å². The first-order chi connectivity index (χ1) is 12.9. The second-order valence-corrected chi connectivity index (χ2v) is 8.37. The molecule has 3 N–H and O–H groups in total. The number of nitrogens with two attached hydrogens (primary N) is 1. The van der Waals surface area contributed by atoms with Crippen molar-refractivity contribution in [3.8, 4) is 5.75 Å². The number of ether oxygens (including phenoxy) is 1. The molecular weight excluding hydrogens is 364 g/mol. The molecule has 1 saturated carbocycles. The monoisotopic (exact) mass is 388 g/mol. The number of amides is 1. The summed E-state index contributed by atoms with van der Waals surface area (Å²) in [7, 11) is -3.93. The van der Waals surface area contributed by atoms with E-state index in [1.165, 1.54) is 44.2 Å². The number of hydrogen-bond acceptors (Lipinski definition) is 4. The Morgan fingerprint density at radius 3 is 2.56 bits per heavy atom. The van der Waals surface area contributed by atoms with Crippen molar-refractivity contribution in [2.45, 2.75) is 37.0 Å². The molecule has 1 amide bonds. The Bertz CT molecular complexity index is 906. The van der Waals surface area contributed by atoms with Gasteiger partial charge in [0.15, 0.2) is 0 Å². The van der Waals surface area contributed by atoms with Crippen molar-refractivity contribution in [3.63, 3.8) is 0 Å². The van der Waals surface area contributed by atoms with Gasteiger partial charge in [-0.15, -0.1) is 0 Å². The van der Waals surface area contributed by atoms with Gasteiger partial charge in [0.25, 0.3) is 5.91 Å². The van der Waals surface area contributed by atoms with E-state index in [2.05, 4.69) is 5.32 Å². The van der Waals surface area contributed by atoms with Gasteiger partial charge in [-0.05, 0) is 49.1 Å². The Balaban J connectivity index is 1.69. The SMILES string of the molecule is NS(=O)(=O)c1ccccc1NC(=O)c1cccc(OCC2CCCCC2)c1. The lowest BCUT2D eigenvalue weighted by molar-refractivity contribution is 0.102. The molecule has 0 aromatic heterocycles.